The van der Waals surface area contributed by atoms with E-state index in [1.807, 2.05) is 0 Å². The minimum atomic E-state index is -4.09. The van der Waals surface area contributed by atoms with Crippen LogP contribution in [0.4, 0.5) is 38.0 Å². The van der Waals surface area contributed by atoms with Gasteiger partial charge in [0.25, 0.3) is 5.95 Å². The van der Waals surface area contributed by atoms with Crippen LogP contribution in [0.1, 0.15) is 37.1 Å². The van der Waals surface area contributed by atoms with Gasteiger partial charge in [-0.25, -0.2) is 13.5 Å². The van der Waals surface area contributed by atoms with Crippen LogP contribution in [0, 0.1) is 13.8 Å². The number of alkyl halides is 6. The summed E-state index contributed by atoms with van der Waals surface area (Å²) >= 11 is 0. The number of hydrogen-bond acceptors (Lipinski definition) is 6. The molecule has 32 heavy (non-hydrogen) atoms. The van der Waals surface area contributed by atoms with E-state index in [-0.39, 0.29) is 49.3 Å². The molecule has 1 aliphatic heterocycles. The van der Waals surface area contributed by atoms with Crippen LogP contribution >= 0.6 is 0 Å². The van der Waals surface area contributed by atoms with Crippen LogP contribution in [0.3, 0.4) is 0 Å². The van der Waals surface area contributed by atoms with Crippen LogP contribution in [0.2, 0.25) is 0 Å². The van der Waals surface area contributed by atoms with Crippen LogP contribution in [0.5, 0.6) is 0 Å². The highest BCUT2D eigenvalue weighted by Gasteiger charge is 2.52. The smallest absolute Gasteiger partial charge is 0.367 e. The van der Waals surface area contributed by atoms with Gasteiger partial charge >= 0.3 is 12.2 Å². The van der Waals surface area contributed by atoms with E-state index in [1.165, 1.54) is 10.7 Å². The van der Waals surface area contributed by atoms with Crippen molar-refractivity contribution in [1.82, 2.24) is 19.7 Å². The third-order valence-corrected chi connectivity index (χ3v) is 5.34. The van der Waals surface area contributed by atoms with Crippen LogP contribution in [0.25, 0.3) is 5.95 Å². The van der Waals surface area contributed by atoms with Crippen LogP contribution in [-0.2, 0) is 4.74 Å². The number of aryl methyl sites for hydroxylation is 2. The first-order chi connectivity index (χ1) is 14.8. The van der Waals surface area contributed by atoms with Gasteiger partial charge in [-0.05, 0) is 32.8 Å². The van der Waals surface area contributed by atoms with Gasteiger partial charge in [-0.15, -0.1) is 0 Å². The van der Waals surface area contributed by atoms with Crippen molar-refractivity contribution in [2.45, 2.75) is 63.7 Å². The summed E-state index contributed by atoms with van der Waals surface area (Å²) in [5.41, 5.74) is 1.28. The molecule has 2 fully saturated rings. The molecule has 0 spiro atoms. The molecule has 0 bridgehead atoms. The van der Waals surface area contributed by atoms with Crippen molar-refractivity contribution < 1.29 is 31.1 Å². The summed E-state index contributed by atoms with van der Waals surface area (Å²) in [6, 6.07) is 2.65. The van der Waals surface area contributed by atoms with Crippen molar-refractivity contribution in [1.29, 1.82) is 0 Å². The summed E-state index contributed by atoms with van der Waals surface area (Å²) in [5, 5.41) is 7.27. The van der Waals surface area contributed by atoms with E-state index in [1.54, 1.807) is 19.9 Å². The molecule has 0 atom stereocenters. The van der Waals surface area contributed by atoms with E-state index in [4.69, 9.17) is 0 Å². The number of nitrogens with one attached hydrogen (secondary N) is 1. The molecule has 2 aliphatic rings. The van der Waals surface area contributed by atoms with Crippen molar-refractivity contribution in [2.75, 3.05) is 23.3 Å². The highest BCUT2D eigenvalue weighted by molar-refractivity contribution is 5.52. The Morgan fingerprint density at radius 1 is 0.969 bits per heavy atom. The molecule has 2 aromatic rings. The summed E-state index contributed by atoms with van der Waals surface area (Å²) in [6.45, 7) is 1.19. The standard InChI is InChI=1S/C19H22F6N6O/c1-11-7-12(2)31(29-11)16-27-14(26-13-3-5-17(20,21)6-4-13)8-15(28-16)30-9-18(22,23)32-19(24,25)10-30/h7-8,13H,3-6,9-10H2,1-2H3,(H,26,27,28). The number of halogens is 6. The van der Waals surface area contributed by atoms with Gasteiger partial charge in [0.2, 0.25) is 5.92 Å². The maximum Gasteiger partial charge on any atom is 0.377 e. The third kappa shape index (κ3) is 5.08. The van der Waals surface area contributed by atoms with Gasteiger partial charge in [0.05, 0.1) is 5.69 Å². The Bertz CT molecular complexity index is 971. The predicted molar refractivity (Wildman–Crippen MR) is 103 cm³/mol. The van der Waals surface area contributed by atoms with Crippen LogP contribution in [0.15, 0.2) is 12.1 Å². The predicted octanol–water partition coefficient (Wildman–Crippen LogP) is 4.29. The van der Waals surface area contributed by atoms with E-state index in [2.05, 4.69) is 25.1 Å². The second-order valence-corrected chi connectivity index (χ2v) is 8.26. The number of morpholine rings is 1. The largest absolute Gasteiger partial charge is 0.377 e. The Labute approximate surface area is 179 Å². The summed E-state index contributed by atoms with van der Waals surface area (Å²) < 4.78 is 87.0. The van der Waals surface area contributed by atoms with E-state index >= 15 is 0 Å². The van der Waals surface area contributed by atoms with Gasteiger partial charge in [0.1, 0.15) is 24.7 Å². The quantitative estimate of drug-likeness (QED) is 0.681. The first-order valence-electron chi connectivity index (χ1n) is 10.1. The molecular weight excluding hydrogens is 442 g/mol. The summed E-state index contributed by atoms with van der Waals surface area (Å²) in [4.78, 5) is 9.22. The fourth-order valence-corrected chi connectivity index (χ4v) is 3.92. The molecule has 1 saturated carbocycles. The van der Waals surface area contributed by atoms with Gasteiger partial charge in [0.15, 0.2) is 0 Å². The summed E-state index contributed by atoms with van der Waals surface area (Å²) in [7, 11) is 0. The van der Waals surface area contributed by atoms with Gasteiger partial charge in [-0.2, -0.15) is 32.6 Å². The normalized spacial score (nSPS) is 22.7. The lowest BCUT2D eigenvalue weighted by atomic mass is 9.92. The number of ether oxygens (including phenoxy) is 1. The fourth-order valence-electron chi connectivity index (χ4n) is 3.92. The first kappa shape index (κ1) is 22.6. The maximum absolute atomic E-state index is 13.8. The number of anilines is 2. The monoisotopic (exact) mass is 464 g/mol. The molecule has 0 unspecified atom stereocenters. The first-order valence-corrected chi connectivity index (χ1v) is 10.1. The molecule has 13 heteroatoms. The second kappa shape index (κ2) is 7.78. The molecule has 176 valence electrons. The Kier molecular flexibility index (Phi) is 5.50. The second-order valence-electron chi connectivity index (χ2n) is 8.26. The zero-order valence-corrected chi connectivity index (χ0v) is 17.4. The Hall–Kier alpha value is -2.57. The maximum atomic E-state index is 13.8. The Morgan fingerprint density at radius 2 is 1.59 bits per heavy atom. The number of aromatic nitrogens is 4. The SMILES string of the molecule is Cc1cc(C)n(-c2nc(NC3CCC(F)(F)CC3)cc(N3CC(F)(F)OC(F)(F)C3)n2)n1. The Morgan fingerprint density at radius 3 is 2.16 bits per heavy atom. The highest BCUT2D eigenvalue weighted by atomic mass is 19.3. The van der Waals surface area contributed by atoms with Gasteiger partial charge in [-0.1, -0.05) is 0 Å². The van der Waals surface area contributed by atoms with Crippen molar-refractivity contribution >= 4 is 11.6 Å². The summed E-state index contributed by atoms with van der Waals surface area (Å²) in [5.74, 6) is -2.79. The molecule has 1 aliphatic carbocycles. The average molecular weight is 464 g/mol. The summed E-state index contributed by atoms with van der Waals surface area (Å²) in [6.07, 6.45) is -8.42. The Balaban J connectivity index is 1.69. The molecule has 4 rings (SSSR count). The van der Waals surface area contributed by atoms with Crippen molar-refractivity contribution in [2.24, 2.45) is 0 Å². The van der Waals surface area contributed by atoms with Gasteiger partial charge < -0.3 is 10.2 Å². The van der Waals surface area contributed by atoms with E-state index in [0.717, 1.165) is 0 Å². The zero-order chi connectivity index (χ0) is 23.3. The molecule has 0 aromatic carbocycles. The highest BCUT2D eigenvalue weighted by Crippen LogP contribution is 2.37. The average Bonchev–Trinajstić information content (AvgIpc) is 2.99. The molecule has 1 saturated heterocycles. The van der Waals surface area contributed by atoms with Crippen molar-refractivity contribution in [3.63, 3.8) is 0 Å². The topological polar surface area (TPSA) is 68.1 Å². The number of hydrogen-bond donors (Lipinski definition) is 1. The van der Waals surface area contributed by atoms with Gasteiger partial charge in [0, 0.05) is 30.6 Å². The molecule has 0 amide bonds. The van der Waals surface area contributed by atoms with Crippen molar-refractivity contribution in [3.05, 3.63) is 23.5 Å². The molecule has 7 nitrogen and oxygen atoms in total. The molecule has 1 N–H and O–H groups in total. The lowest BCUT2D eigenvalue weighted by Gasteiger charge is -2.37. The minimum absolute atomic E-state index is 0.0186. The van der Waals surface area contributed by atoms with Crippen LogP contribution in [-0.4, -0.2) is 57.0 Å². The molecular formula is C19H22F6N6O. The minimum Gasteiger partial charge on any atom is -0.367 e. The fraction of sp³-hybridized carbons (Fsp3) is 0.632. The van der Waals surface area contributed by atoms with E-state index < -0.39 is 31.2 Å². The van der Waals surface area contributed by atoms with Gasteiger partial charge in [-0.3, -0.25) is 4.74 Å². The zero-order valence-electron chi connectivity index (χ0n) is 17.4. The van der Waals surface area contributed by atoms with Crippen molar-refractivity contribution in [3.8, 4) is 5.95 Å². The lowest BCUT2D eigenvalue weighted by molar-refractivity contribution is -0.380. The van der Waals surface area contributed by atoms with Crippen LogP contribution < -0.4 is 10.2 Å². The molecule has 0 radical (unpaired) electrons. The third-order valence-electron chi connectivity index (χ3n) is 5.34. The molecule has 3 heterocycles. The lowest BCUT2D eigenvalue weighted by Crippen LogP contribution is -2.55. The number of nitrogens with zero attached hydrogens (tertiary/aromatic N) is 5. The van der Waals surface area contributed by atoms with E-state index in [9.17, 15) is 26.3 Å². The van der Waals surface area contributed by atoms with E-state index in [0.29, 0.717) is 16.3 Å². The number of rotatable bonds is 4. The molecule has 2 aromatic heterocycles.